The van der Waals surface area contributed by atoms with E-state index in [-0.39, 0.29) is 23.4 Å². The zero-order chi connectivity index (χ0) is 18.9. The zero-order valence-corrected chi connectivity index (χ0v) is 17.3. The highest BCUT2D eigenvalue weighted by atomic mass is 32.2. The summed E-state index contributed by atoms with van der Waals surface area (Å²) in [7, 11) is -3.09. The number of Topliss-reactive ketones (excluding diaryl/α,β-unsaturated/α-hetero) is 1. The molecule has 0 spiro atoms. The predicted molar refractivity (Wildman–Crippen MR) is 107 cm³/mol. The molecule has 0 bridgehead atoms. The van der Waals surface area contributed by atoms with E-state index in [9.17, 15) is 13.2 Å². The van der Waals surface area contributed by atoms with Crippen LogP contribution in [0.2, 0.25) is 0 Å². The Kier molecular flexibility index (Phi) is 5.54. The lowest BCUT2D eigenvalue weighted by Crippen LogP contribution is -2.35. The number of hydrogen-bond donors (Lipinski definition) is 0. The standard InChI is InChI=1S/C20H27NO3S2/c1-20(2,3)26(23,24)13-14-8-10-15(11-9-14)17(22)12-19-21-16-6-4-5-7-18(16)25-19/h4-7,14-15H,8-13H2,1-3H3. The highest BCUT2D eigenvalue weighted by Gasteiger charge is 2.34. The average molecular weight is 394 g/mol. The highest BCUT2D eigenvalue weighted by Crippen LogP contribution is 2.33. The van der Waals surface area contributed by atoms with Crippen molar-refractivity contribution in [3.8, 4) is 0 Å². The van der Waals surface area contributed by atoms with Gasteiger partial charge in [-0.2, -0.15) is 0 Å². The number of nitrogens with zero attached hydrogens (tertiary/aromatic N) is 1. The van der Waals surface area contributed by atoms with E-state index in [1.165, 1.54) is 0 Å². The van der Waals surface area contributed by atoms with Crippen LogP contribution in [-0.2, 0) is 21.1 Å². The normalized spacial score (nSPS) is 21.8. The van der Waals surface area contributed by atoms with E-state index < -0.39 is 14.6 Å². The van der Waals surface area contributed by atoms with Crippen molar-refractivity contribution in [2.75, 3.05) is 5.75 Å². The number of para-hydroxylation sites is 1. The third kappa shape index (κ3) is 4.34. The van der Waals surface area contributed by atoms with Gasteiger partial charge in [0.1, 0.15) is 10.8 Å². The van der Waals surface area contributed by atoms with Gasteiger partial charge in [0.05, 0.1) is 27.1 Å². The lowest BCUT2D eigenvalue weighted by atomic mass is 9.80. The monoisotopic (exact) mass is 393 g/mol. The molecule has 1 aromatic carbocycles. The van der Waals surface area contributed by atoms with Gasteiger partial charge in [-0.25, -0.2) is 13.4 Å². The van der Waals surface area contributed by atoms with Gasteiger partial charge in [0.15, 0.2) is 9.84 Å². The Labute approximate surface area is 159 Å². The van der Waals surface area contributed by atoms with E-state index in [0.29, 0.717) is 6.42 Å². The third-order valence-corrected chi connectivity index (χ3v) is 9.17. The number of thiazole rings is 1. The molecule has 0 aliphatic heterocycles. The van der Waals surface area contributed by atoms with Crippen molar-refractivity contribution in [2.24, 2.45) is 11.8 Å². The number of hydrogen-bond acceptors (Lipinski definition) is 5. The molecule has 4 nitrogen and oxygen atoms in total. The van der Waals surface area contributed by atoms with Crippen LogP contribution < -0.4 is 0 Å². The summed E-state index contributed by atoms with van der Waals surface area (Å²) in [6, 6.07) is 7.95. The number of rotatable bonds is 5. The molecule has 3 rings (SSSR count). The highest BCUT2D eigenvalue weighted by molar-refractivity contribution is 7.92. The maximum Gasteiger partial charge on any atom is 0.155 e. The van der Waals surface area contributed by atoms with Gasteiger partial charge in [0.25, 0.3) is 0 Å². The van der Waals surface area contributed by atoms with Crippen molar-refractivity contribution in [3.63, 3.8) is 0 Å². The van der Waals surface area contributed by atoms with Crippen LogP contribution >= 0.6 is 11.3 Å². The second kappa shape index (κ2) is 7.39. The molecule has 1 aliphatic rings. The Hall–Kier alpha value is -1.27. The van der Waals surface area contributed by atoms with Crippen molar-refractivity contribution < 1.29 is 13.2 Å². The molecule has 6 heteroatoms. The molecule has 2 aromatic rings. The van der Waals surface area contributed by atoms with Crippen molar-refractivity contribution >= 4 is 37.2 Å². The molecule has 1 fully saturated rings. The fourth-order valence-corrected chi connectivity index (χ4v) is 5.93. The molecule has 1 saturated carbocycles. The second-order valence-corrected chi connectivity index (χ2v) is 12.2. The van der Waals surface area contributed by atoms with Gasteiger partial charge in [0.2, 0.25) is 0 Å². The molecule has 1 aliphatic carbocycles. The van der Waals surface area contributed by atoms with Gasteiger partial charge >= 0.3 is 0 Å². The molecule has 1 heterocycles. The van der Waals surface area contributed by atoms with Gasteiger partial charge in [-0.3, -0.25) is 4.79 Å². The van der Waals surface area contributed by atoms with Gasteiger partial charge in [0, 0.05) is 5.92 Å². The van der Waals surface area contributed by atoms with Gasteiger partial charge in [-0.15, -0.1) is 11.3 Å². The van der Waals surface area contributed by atoms with Crippen LogP contribution in [0.3, 0.4) is 0 Å². The van der Waals surface area contributed by atoms with Gasteiger partial charge in [-0.05, 0) is 64.5 Å². The minimum Gasteiger partial charge on any atom is -0.299 e. The molecule has 142 valence electrons. The lowest BCUT2D eigenvalue weighted by Gasteiger charge is -2.29. The van der Waals surface area contributed by atoms with Crippen LogP contribution in [0.1, 0.15) is 51.5 Å². The topological polar surface area (TPSA) is 64.1 Å². The lowest BCUT2D eigenvalue weighted by molar-refractivity contribution is -0.123. The van der Waals surface area contributed by atoms with Crippen LogP contribution in [0.15, 0.2) is 24.3 Å². The van der Waals surface area contributed by atoms with E-state index in [0.717, 1.165) is 40.9 Å². The first-order chi connectivity index (χ1) is 12.2. The summed E-state index contributed by atoms with van der Waals surface area (Å²) in [5, 5.41) is 0.883. The first-order valence-electron chi connectivity index (χ1n) is 9.25. The van der Waals surface area contributed by atoms with Crippen LogP contribution in [0.25, 0.3) is 10.2 Å². The number of aromatic nitrogens is 1. The van der Waals surface area contributed by atoms with Crippen molar-refractivity contribution in [3.05, 3.63) is 29.3 Å². The van der Waals surface area contributed by atoms with E-state index >= 15 is 0 Å². The molecular formula is C20H27NO3S2. The molecule has 0 unspecified atom stereocenters. The number of ketones is 1. The summed E-state index contributed by atoms with van der Waals surface area (Å²) in [5.74, 6) is 0.734. The molecule has 0 saturated heterocycles. The number of sulfone groups is 1. The Morgan fingerprint density at radius 1 is 1.15 bits per heavy atom. The molecule has 0 atom stereocenters. The summed E-state index contributed by atoms with van der Waals surface area (Å²) < 4.78 is 25.2. The number of carbonyl (C=O) groups excluding carboxylic acids is 1. The van der Waals surface area contributed by atoms with Gasteiger partial charge < -0.3 is 0 Å². The maximum atomic E-state index is 12.6. The van der Waals surface area contributed by atoms with Crippen molar-refractivity contribution in [1.82, 2.24) is 4.98 Å². The Bertz CT molecular complexity index is 852. The molecule has 0 amide bonds. The first kappa shape index (κ1) is 19.5. The summed E-state index contributed by atoms with van der Waals surface area (Å²) in [4.78, 5) is 17.2. The van der Waals surface area contributed by atoms with Crippen molar-refractivity contribution in [1.29, 1.82) is 0 Å². The van der Waals surface area contributed by atoms with E-state index in [2.05, 4.69) is 4.98 Å². The number of fused-ring (bicyclic) bond motifs is 1. The minimum absolute atomic E-state index is 0.0515. The number of carbonyl (C=O) groups is 1. The second-order valence-electron chi connectivity index (χ2n) is 8.33. The minimum atomic E-state index is -3.09. The molecule has 1 aromatic heterocycles. The van der Waals surface area contributed by atoms with Crippen LogP contribution in [-0.4, -0.2) is 29.7 Å². The average Bonchev–Trinajstić information content (AvgIpc) is 2.96. The Morgan fingerprint density at radius 2 is 1.81 bits per heavy atom. The summed E-state index contributed by atoms with van der Waals surface area (Å²) in [6.07, 6.45) is 3.65. The summed E-state index contributed by atoms with van der Waals surface area (Å²) in [5.41, 5.74) is 0.955. The molecule has 0 N–H and O–H groups in total. The van der Waals surface area contributed by atoms with Crippen LogP contribution in [0.5, 0.6) is 0 Å². The van der Waals surface area contributed by atoms with Crippen molar-refractivity contribution in [2.45, 2.75) is 57.6 Å². The smallest absolute Gasteiger partial charge is 0.155 e. The fraction of sp³-hybridized carbons (Fsp3) is 0.600. The van der Waals surface area contributed by atoms with Gasteiger partial charge in [-0.1, -0.05) is 12.1 Å². The molecule has 0 radical (unpaired) electrons. The first-order valence-corrected chi connectivity index (χ1v) is 11.7. The summed E-state index contributed by atoms with van der Waals surface area (Å²) >= 11 is 1.59. The number of benzene rings is 1. The SMILES string of the molecule is CC(C)(C)S(=O)(=O)CC1CCC(C(=O)Cc2nc3ccccc3s2)CC1. The van der Waals surface area contributed by atoms with E-state index in [4.69, 9.17) is 0 Å². The quantitative estimate of drug-likeness (QED) is 0.754. The molecule has 26 heavy (non-hydrogen) atoms. The maximum absolute atomic E-state index is 12.6. The van der Waals surface area contributed by atoms with E-state index in [1.54, 1.807) is 32.1 Å². The summed E-state index contributed by atoms with van der Waals surface area (Å²) in [6.45, 7) is 5.28. The van der Waals surface area contributed by atoms with Crippen LogP contribution in [0, 0.1) is 11.8 Å². The van der Waals surface area contributed by atoms with Crippen LogP contribution in [0.4, 0.5) is 0 Å². The molecular weight excluding hydrogens is 366 g/mol. The Balaban J connectivity index is 1.55. The van der Waals surface area contributed by atoms with E-state index in [1.807, 2.05) is 24.3 Å². The third-order valence-electron chi connectivity index (χ3n) is 5.35. The Morgan fingerprint density at radius 3 is 2.42 bits per heavy atom. The fourth-order valence-electron chi connectivity index (χ4n) is 3.50. The predicted octanol–water partition coefficient (Wildman–Crippen LogP) is 4.43. The zero-order valence-electron chi connectivity index (χ0n) is 15.7. The largest absolute Gasteiger partial charge is 0.299 e.